The Hall–Kier alpha value is -0.770. The van der Waals surface area contributed by atoms with Gasteiger partial charge in [0.15, 0.2) is 0 Å². The SMILES string of the molecule is Cc1cc(C(=O)N2CC[C@@H]3CNC[C@@H]3CC2)ccc1Cl.Cl. The molecule has 1 amide bonds. The van der Waals surface area contributed by atoms with Crippen LogP contribution < -0.4 is 5.32 Å². The number of halogens is 2. The predicted molar refractivity (Wildman–Crippen MR) is 88.4 cm³/mol. The number of aryl methyl sites for hydroxylation is 1. The van der Waals surface area contributed by atoms with Gasteiger partial charge in [-0.3, -0.25) is 4.79 Å². The topological polar surface area (TPSA) is 32.3 Å². The number of hydrogen-bond donors (Lipinski definition) is 1. The standard InChI is InChI=1S/C16H21ClN2O.ClH/c1-11-8-12(2-3-15(11)17)16(20)19-6-4-13-9-18-10-14(13)5-7-19;/h2-3,8,13-14,18H,4-7,9-10H2,1H3;1H/t13-,14+;. The first-order valence-electron chi connectivity index (χ1n) is 7.41. The monoisotopic (exact) mass is 328 g/mol. The Kier molecular flexibility index (Phi) is 5.53. The van der Waals surface area contributed by atoms with Crippen LogP contribution in [0, 0.1) is 18.8 Å². The zero-order valence-corrected chi connectivity index (χ0v) is 13.8. The summed E-state index contributed by atoms with van der Waals surface area (Å²) in [6.45, 7) is 5.93. The second-order valence-corrected chi connectivity index (χ2v) is 6.42. The lowest BCUT2D eigenvalue weighted by Crippen LogP contribution is -2.32. The average molecular weight is 329 g/mol. The molecule has 0 bridgehead atoms. The minimum absolute atomic E-state index is 0. The molecule has 0 aliphatic carbocycles. The second kappa shape index (κ2) is 6.99. The van der Waals surface area contributed by atoms with E-state index in [0.717, 1.165) is 67.0 Å². The molecule has 0 spiro atoms. The zero-order chi connectivity index (χ0) is 14.1. The smallest absolute Gasteiger partial charge is 0.253 e. The van der Waals surface area contributed by atoms with E-state index < -0.39 is 0 Å². The second-order valence-electron chi connectivity index (χ2n) is 6.01. The highest BCUT2D eigenvalue weighted by Gasteiger charge is 2.31. The van der Waals surface area contributed by atoms with Gasteiger partial charge in [0.05, 0.1) is 0 Å². The van der Waals surface area contributed by atoms with E-state index in [1.807, 2.05) is 30.0 Å². The summed E-state index contributed by atoms with van der Waals surface area (Å²) in [6.07, 6.45) is 2.24. The molecule has 2 heterocycles. The summed E-state index contributed by atoms with van der Waals surface area (Å²) >= 11 is 6.03. The maximum atomic E-state index is 12.6. The highest BCUT2D eigenvalue weighted by atomic mass is 35.5. The van der Waals surface area contributed by atoms with Gasteiger partial charge in [-0.1, -0.05) is 11.6 Å². The van der Waals surface area contributed by atoms with E-state index >= 15 is 0 Å². The number of carbonyl (C=O) groups excluding carboxylic acids is 1. The van der Waals surface area contributed by atoms with Gasteiger partial charge in [0.1, 0.15) is 0 Å². The summed E-state index contributed by atoms with van der Waals surface area (Å²) in [4.78, 5) is 14.6. The largest absolute Gasteiger partial charge is 0.339 e. The van der Waals surface area contributed by atoms with Crippen LogP contribution >= 0.6 is 24.0 Å². The lowest BCUT2D eigenvalue weighted by molar-refractivity contribution is 0.0758. The van der Waals surface area contributed by atoms with Crippen LogP contribution in [0.4, 0.5) is 0 Å². The first-order chi connectivity index (χ1) is 9.65. The maximum Gasteiger partial charge on any atom is 0.253 e. The molecule has 2 aliphatic rings. The number of nitrogens with one attached hydrogen (secondary N) is 1. The molecule has 2 fully saturated rings. The summed E-state index contributed by atoms with van der Waals surface area (Å²) in [5.41, 5.74) is 1.73. The van der Waals surface area contributed by atoms with Crippen molar-refractivity contribution in [3.05, 3.63) is 34.3 Å². The van der Waals surface area contributed by atoms with E-state index in [4.69, 9.17) is 11.6 Å². The van der Waals surface area contributed by atoms with Crippen molar-refractivity contribution >= 4 is 29.9 Å². The van der Waals surface area contributed by atoms with Crippen molar-refractivity contribution in [1.29, 1.82) is 0 Å². The van der Waals surface area contributed by atoms with Gasteiger partial charge in [-0.2, -0.15) is 0 Å². The lowest BCUT2D eigenvalue weighted by Gasteiger charge is -2.21. The van der Waals surface area contributed by atoms with Crippen LogP contribution in [0.1, 0.15) is 28.8 Å². The van der Waals surface area contributed by atoms with Crippen molar-refractivity contribution in [2.75, 3.05) is 26.2 Å². The number of benzene rings is 1. The first-order valence-corrected chi connectivity index (χ1v) is 7.79. The van der Waals surface area contributed by atoms with Gasteiger partial charge >= 0.3 is 0 Å². The molecule has 1 aromatic rings. The molecule has 2 atom stereocenters. The summed E-state index contributed by atoms with van der Waals surface area (Å²) in [6, 6.07) is 5.56. The normalized spacial score (nSPS) is 25.0. The molecule has 3 rings (SSSR count). The van der Waals surface area contributed by atoms with Crippen molar-refractivity contribution in [2.45, 2.75) is 19.8 Å². The number of nitrogens with zero attached hydrogens (tertiary/aromatic N) is 1. The fourth-order valence-electron chi connectivity index (χ4n) is 3.38. The molecule has 2 aliphatic heterocycles. The minimum Gasteiger partial charge on any atom is -0.339 e. The molecule has 21 heavy (non-hydrogen) atoms. The summed E-state index contributed by atoms with van der Waals surface area (Å²) < 4.78 is 0. The van der Waals surface area contributed by atoms with Gasteiger partial charge in [-0.05, 0) is 68.5 Å². The van der Waals surface area contributed by atoms with Crippen molar-refractivity contribution in [2.24, 2.45) is 11.8 Å². The molecule has 3 nitrogen and oxygen atoms in total. The van der Waals surface area contributed by atoms with E-state index in [-0.39, 0.29) is 18.3 Å². The Morgan fingerprint density at radius 1 is 1.24 bits per heavy atom. The molecule has 1 aromatic carbocycles. The predicted octanol–water partition coefficient (Wildman–Crippen LogP) is 3.14. The van der Waals surface area contributed by atoms with E-state index in [1.165, 1.54) is 0 Å². The molecule has 5 heteroatoms. The Labute approximate surface area is 137 Å². The third-order valence-electron chi connectivity index (χ3n) is 4.71. The van der Waals surface area contributed by atoms with Gasteiger partial charge < -0.3 is 10.2 Å². The van der Waals surface area contributed by atoms with Gasteiger partial charge in [0, 0.05) is 23.7 Å². The number of likely N-dealkylation sites (tertiary alicyclic amines) is 1. The van der Waals surface area contributed by atoms with E-state index in [9.17, 15) is 4.79 Å². The number of rotatable bonds is 1. The van der Waals surface area contributed by atoms with E-state index in [0.29, 0.717) is 0 Å². The Morgan fingerprint density at radius 3 is 2.43 bits per heavy atom. The van der Waals surface area contributed by atoms with Crippen LogP contribution in [0.25, 0.3) is 0 Å². The van der Waals surface area contributed by atoms with Crippen LogP contribution in [-0.4, -0.2) is 37.0 Å². The van der Waals surface area contributed by atoms with Crippen LogP contribution in [-0.2, 0) is 0 Å². The van der Waals surface area contributed by atoms with Crippen LogP contribution in [0.2, 0.25) is 5.02 Å². The Balaban J connectivity index is 0.00000161. The third-order valence-corrected chi connectivity index (χ3v) is 5.14. The van der Waals surface area contributed by atoms with E-state index in [2.05, 4.69) is 5.32 Å². The molecule has 1 N–H and O–H groups in total. The van der Waals surface area contributed by atoms with Crippen LogP contribution in [0.5, 0.6) is 0 Å². The summed E-state index contributed by atoms with van der Waals surface area (Å²) in [5, 5.41) is 4.18. The molecule has 2 saturated heterocycles. The quantitative estimate of drug-likeness (QED) is 0.858. The average Bonchev–Trinajstić information content (AvgIpc) is 2.80. The highest BCUT2D eigenvalue weighted by molar-refractivity contribution is 6.31. The van der Waals surface area contributed by atoms with Crippen molar-refractivity contribution in [3.8, 4) is 0 Å². The van der Waals surface area contributed by atoms with Gasteiger partial charge in [-0.25, -0.2) is 0 Å². The number of hydrogen-bond acceptors (Lipinski definition) is 2. The summed E-state index contributed by atoms with van der Waals surface area (Å²) in [5.74, 6) is 1.65. The third kappa shape index (κ3) is 3.53. The van der Waals surface area contributed by atoms with Crippen molar-refractivity contribution < 1.29 is 4.79 Å². The van der Waals surface area contributed by atoms with Gasteiger partial charge in [0.2, 0.25) is 0 Å². The molecule has 0 saturated carbocycles. The summed E-state index contributed by atoms with van der Waals surface area (Å²) in [7, 11) is 0. The highest BCUT2D eigenvalue weighted by Crippen LogP contribution is 2.28. The lowest BCUT2D eigenvalue weighted by atomic mass is 9.92. The number of carbonyl (C=O) groups is 1. The van der Waals surface area contributed by atoms with E-state index in [1.54, 1.807) is 0 Å². The number of amides is 1. The Morgan fingerprint density at radius 2 is 1.86 bits per heavy atom. The van der Waals surface area contributed by atoms with Crippen molar-refractivity contribution in [3.63, 3.8) is 0 Å². The molecular formula is C16H22Cl2N2O. The van der Waals surface area contributed by atoms with Crippen molar-refractivity contribution in [1.82, 2.24) is 10.2 Å². The number of fused-ring (bicyclic) bond motifs is 1. The first kappa shape index (κ1) is 16.6. The van der Waals surface area contributed by atoms with Crippen LogP contribution in [0.3, 0.4) is 0 Å². The molecule has 0 unspecified atom stereocenters. The molecule has 0 radical (unpaired) electrons. The Bertz CT molecular complexity index is 507. The van der Waals surface area contributed by atoms with Gasteiger partial charge in [-0.15, -0.1) is 12.4 Å². The minimum atomic E-state index is 0. The maximum absolute atomic E-state index is 12.6. The van der Waals surface area contributed by atoms with Crippen LogP contribution in [0.15, 0.2) is 18.2 Å². The molecule has 0 aromatic heterocycles. The molecular weight excluding hydrogens is 307 g/mol. The fraction of sp³-hybridized carbons (Fsp3) is 0.562. The van der Waals surface area contributed by atoms with Gasteiger partial charge in [0.25, 0.3) is 5.91 Å². The zero-order valence-electron chi connectivity index (χ0n) is 12.3. The molecule has 116 valence electrons. The fourth-order valence-corrected chi connectivity index (χ4v) is 3.50.